The summed E-state index contributed by atoms with van der Waals surface area (Å²) in [7, 11) is -3.53. The molecule has 0 saturated carbocycles. The minimum absolute atomic E-state index is 0.345. The van der Waals surface area contributed by atoms with Gasteiger partial charge in [-0.15, -0.1) is 0 Å². The third-order valence-corrected chi connectivity index (χ3v) is 7.42. The second kappa shape index (κ2) is 10.3. The lowest BCUT2D eigenvalue weighted by molar-refractivity contribution is 0.607. The zero-order chi connectivity index (χ0) is 27.9. The maximum absolute atomic E-state index is 13.9. The van der Waals surface area contributed by atoms with Crippen LogP contribution in [0.4, 0.5) is 16.0 Å². The molecule has 0 amide bonds. The summed E-state index contributed by atoms with van der Waals surface area (Å²) in [5, 5.41) is 8.02. The highest BCUT2D eigenvalue weighted by Crippen LogP contribution is 2.39. The Morgan fingerprint density at radius 3 is 2.40 bits per heavy atom. The highest BCUT2D eigenvalue weighted by atomic mass is 35.5. The van der Waals surface area contributed by atoms with Gasteiger partial charge < -0.3 is 0 Å². The third-order valence-electron chi connectivity index (χ3n) is 6.60. The molecule has 1 aliphatic rings. The van der Waals surface area contributed by atoms with Crippen LogP contribution in [0.5, 0.6) is 0 Å². The van der Waals surface area contributed by atoms with Gasteiger partial charge >= 0.3 is 0 Å². The van der Waals surface area contributed by atoms with E-state index >= 15 is 0 Å². The number of anilines is 2. The van der Waals surface area contributed by atoms with Gasteiger partial charge in [0.1, 0.15) is 5.82 Å². The summed E-state index contributed by atoms with van der Waals surface area (Å²) >= 11 is 6.34. The number of aromatic nitrogens is 2. The number of benzene rings is 4. The van der Waals surface area contributed by atoms with Gasteiger partial charge in [-0.1, -0.05) is 72.3 Å². The smallest absolute Gasteiger partial charge is 0.247 e. The van der Waals surface area contributed by atoms with E-state index in [4.69, 9.17) is 26.7 Å². The topological polar surface area (TPSA) is 87.5 Å². The number of hydrazone groups is 1. The molecule has 0 saturated heterocycles. The van der Waals surface area contributed by atoms with Crippen LogP contribution < -0.4 is 9.73 Å². The van der Waals surface area contributed by atoms with E-state index in [-0.39, 0.29) is 11.9 Å². The first-order valence-electron chi connectivity index (χ1n) is 12.5. The molecule has 0 spiro atoms. The molecule has 0 radical (unpaired) electrons. The van der Waals surface area contributed by atoms with E-state index in [1.807, 2.05) is 54.6 Å². The zero-order valence-corrected chi connectivity index (χ0v) is 22.9. The molecule has 40 heavy (non-hydrogen) atoms. The van der Waals surface area contributed by atoms with E-state index in [0.29, 0.717) is 45.6 Å². The lowest BCUT2D eigenvalue weighted by atomic mass is 9.97. The number of hydrogen-bond acceptors (Lipinski definition) is 6. The monoisotopic (exact) mass is 571 g/mol. The number of rotatable bonds is 6. The van der Waals surface area contributed by atoms with Gasteiger partial charge in [0, 0.05) is 28.0 Å². The fourth-order valence-electron chi connectivity index (χ4n) is 4.83. The van der Waals surface area contributed by atoms with E-state index in [9.17, 15) is 12.8 Å². The van der Waals surface area contributed by atoms with Crippen molar-refractivity contribution in [2.24, 2.45) is 5.10 Å². The number of nitrogens with one attached hydrogen (secondary N) is 1. The van der Waals surface area contributed by atoms with Crippen molar-refractivity contribution in [1.82, 2.24) is 9.97 Å². The normalized spacial score (nSPS) is 15.3. The zero-order valence-electron chi connectivity index (χ0n) is 21.3. The summed E-state index contributed by atoms with van der Waals surface area (Å²) < 4.78 is 40.6. The van der Waals surface area contributed by atoms with Gasteiger partial charge in [-0.3, -0.25) is 4.72 Å². The number of nitrogens with zero attached hydrogens (tertiary/aromatic N) is 4. The van der Waals surface area contributed by atoms with Gasteiger partial charge in [-0.2, -0.15) is 5.10 Å². The quantitative estimate of drug-likeness (QED) is 0.242. The minimum atomic E-state index is -3.53. The second-order valence-electron chi connectivity index (χ2n) is 9.48. The predicted octanol–water partition coefficient (Wildman–Crippen LogP) is 6.82. The van der Waals surface area contributed by atoms with Crippen LogP contribution in [0.2, 0.25) is 5.02 Å². The Morgan fingerprint density at radius 1 is 0.925 bits per heavy atom. The van der Waals surface area contributed by atoms with Crippen molar-refractivity contribution >= 4 is 49.9 Å². The van der Waals surface area contributed by atoms with Gasteiger partial charge in [0.15, 0.2) is 0 Å². The summed E-state index contributed by atoms with van der Waals surface area (Å²) in [4.78, 5) is 9.81. The Labute approximate surface area is 236 Å². The second-order valence-corrected chi connectivity index (χ2v) is 11.7. The summed E-state index contributed by atoms with van der Waals surface area (Å²) in [5.74, 6) is 0.00823. The van der Waals surface area contributed by atoms with Crippen molar-refractivity contribution < 1.29 is 12.8 Å². The largest absolute Gasteiger partial charge is 0.283 e. The lowest BCUT2D eigenvalue weighted by Crippen LogP contribution is -2.21. The van der Waals surface area contributed by atoms with Crippen LogP contribution in [0.15, 0.2) is 102 Å². The molecule has 0 fully saturated rings. The first kappa shape index (κ1) is 25.9. The van der Waals surface area contributed by atoms with Gasteiger partial charge in [0.2, 0.25) is 16.0 Å². The van der Waals surface area contributed by atoms with Crippen LogP contribution >= 0.6 is 11.6 Å². The highest BCUT2D eigenvalue weighted by Gasteiger charge is 2.33. The predicted molar refractivity (Wildman–Crippen MR) is 158 cm³/mol. The van der Waals surface area contributed by atoms with Crippen molar-refractivity contribution in [1.29, 1.82) is 0 Å². The molecule has 1 unspecified atom stereocenters. The average Bonchev–Trinajstić information content (AvgIpc) is 3.38. The first-order chi connectivity index (χ1) is 19.2. The van der Waals surface area contributed by atoms with Crippen LogP contribution in [-0.2, 0) is 10.0 Å². The molecule has 6 rings (SSSR count). The van der Waals surface area contributed by atoms with E-state index in [1.54, 1.807) is 35.3 Å². The molecule has 1 N–H and O–H groups in total. The number of hydrogen-bond donors (Lipinski definition) is 1. The summed E-state index contributed by atoms with van der Waals surface area (Å²) in [6.07, 6.45) is 1.52. The van der Waals surface area contributed by atoms with Crippen LogP contribution in [0.25, 0.3) is 22.2 Å². The Balaban J connectivity index is 1.54. The molecular weight excluding hydrogens is 549 g/mol. The van der Waals surface area contributed by atoms with Crippen molar-refractivity contribution in [3.63, 3.8) is 0 Å². The SMILES string of the molecule is CS(=O)(=O)Nc1ccccc1C1=NN(c2nc(-c3ccccc3)c3cc(Cl)ccc3n2)C(c2ccc(F)cc2)C1. The maximum atomic E-state index is 13.9. The number of para-hydroxylation sites is 1. The fraction of sp³-hybridized carbons (Fsp3) is 0.100. The van der Waals surface area contributed by atoms with Crippen LogP contribution in [0, 0.1) is 5.82 Å². The number of sulfonamides is 1. The van der Waals surface area contributed by atoms with E-state index < -0.39 is 10.0 Å². The Hall–Kier alpha value is -4.34. The van der Waals surface area contributed by atoms with Crippen LogP contribution in [0.3, 0.4) is 0 Å². The number of halogens is 2. The summed E-state index contributed by atoms with van der Waals surface area (Å²) in [6.45, 7) is 0. The average molecular weight is 572 g/mol. The summed E-state index contributed by atoms with van der Waals surface area (Å²) in [5.41, 5.74) is 4.79. The van der Waals surface area contributed by atoms with Crippen molar-refractivity contribution in [2.75, 3.05) is 16.0 Å². The van der Waals surface area contributed by atoms with Gasteiger partial charge in [-0.25, -0.2) is 27.8 Å². The van der Waals surface area contributed by atoms with Crippen molar-refractivity contribution in [3.8, 4) is 11.3 Å². The van der Waals surface area contributed by atoms with Gasteiger partial charge in [0.25, 0.3) is 0 Å². The molecule has 10 heteroatoms. The summed E-state index contributed by atoms with van der Waals surface area (Å²) in [6, 6.07) is 28.2. The molecule has 2 heterocycles. The molecule has 7 nitrogen and oxygen atoms in total. The molecule has 1 atom stereocenters. The first-order valence-corrected chi connectivity index (χ1v) is 14.7. The van der Waals surface area contributed by atoms with Crippen LogP contribution in [-0.4, -0.2) is 30.4 Å². The molecule has 0 bridgehead atoms. The Bertz CT molecular complexity index is 1870. The third kappa shape index (κ3) is 5.25. The van der Waals surface area contributed by atoms with E-state index in [1.165, 1.54) is 12.1 Å². The molecule has 5 aromatic rings. The van der Waals surface area contributed by atoms with E-state index in [2.05, 4.69) is 4.72 Å². The molecule has 1 aromatic heterocycles. The highest BCUT2D eigenvalue weighted by molar-refractivity contribution is 7.92. The van der Waals surface area contributed by atoms with Gasteiger partial charge in [-0.05, 0) is 42.0 Å². The Morgan fingerprint density at radius 2 is 1.65 bits per heavy atom. The molecule has 0 aliphatic carbocycles. The van der Waals surface area contributed by atoms with E-state index in [0.717, 1.165) is 22.8 Å². The number of fused-ring (bicyclic) bond motifs is 1. The standard InChI is InChI=1S/C30H23ClFN5O2S/c1-40(38,39)36-26-10-6-5-9-23(26)27-18-28(19-11-14-22(32)15-12-19)37(35-27)30-33-25-16-13-21(31)17-24(25)29(34-30)20-7-3-2-4-8-20/h2-17,28,36H,18H2,1H3. The van der Waals surface area contributed by atoms with Gasteiger partial charge in [0.05, 0.1) is 34.9 Å². The fourth-order valence-corrected chi connectivity index (χ4v) is 5.58. The molecule has 200 valence electrons. The lowest BCUT2D eigenvalue weighted by Gasteiger charge is -2.23. The van der Waals surface area contributed by atoms with Crippen molar-refractivity contribution in [3.05, 3.63) is 119 Å². The minimum Gasteiger partial charge on any atom is -0.283 e. The maximum Gasteiger partial charge on any atom is 0.247 e. The molecule has 1 aliphatic heterocycles. The molecule has 4 aromatic carbocycles. The Kier molecular flexibility index (Phi) is 6.69. The van der Waals surface area contributed by atoms with Crippen molar-refractivity contribution in [2.45, 2.75) is 12.5 Å². The molecular formula is C30H23ClFN5O2S. The van der Waals surface area contributed by atoms with Crippen LogP contribution in [0.1, 0.15) is 23.6 Å².